The fourth-order valence-electron chi connectivity index (χ4n) is 2.91. The Bertz CT molecular complexity index is 575. The van der Waals surface area contributed by atoms with E-state index in [1.54, 1.807) is 4.90 Å². The molecule has 126 valence electrons. The van der Waals surface area contributed by atoms with Gasteiger partial charge in [0.1, 0.15) is 0 Å². The van der Waals surface area contributed by atoms with Crippen LogP contribution in [-0.4, -0.2) is 41.6 Å². The third-order valence-electron chi connectivity index (χ3n) is 4.61. The smallest absolute Gasteiger partial charge is 0.317 e. The lowest BCUT2D eigenvalue weighted by molar-refractivity contribution is -0.143. The zero-order valence-corrected chi connectivity index (χ0v) is 14.1. The number of hydrogen-bond acceptors (Lipinski definition) is 2. The first-order valence-electron chi connectivity index (χ1n) is 8.12. The molecule has 1 heterocycles. The van der Waals surface area contributed by atoms with E-state index in [9.17, 15) is 9.59 Å². The molecule has 1 aromatic rings. The molecule has 1 saturated heterocycles. The summed E-state index contributed by atoms with van der Waals surface area (Å²) < 4.78 is 0. The van der Waals surface area contributed by atoms with E-state index in [0.29, 0.717) is 32.5 Å². The molecular weight excluding hydrogens is 292 g/mol. The highest BCUT2D eigenvalue weighted by atomic mass is 16.4. The van der Waals surface area contributed by atoms with Crippen molar-refractivity contribution in [1.82, 2.24) is 10.2 Å². The van der Waals surface area contributed by atoms with Crippen LogP contribution in [0.2, 0.25) is 0 Å². The number of carbonyl (C=O) groups excluding carboxylic acids is 1. The Morgan fingerprint density at radius 1 is 1.30 bits per heavy atom. The van der Waals surface area contributed by atoms with Crippen LogP contribution in [0.5, 0.6) is 0 Å². The summed E-state index contributed by atoms with van der Waals surface area (Å²) in [6, 6.07) is 8.21. The number of urea groups is 1. The molecule has 0 aliphatic carbocycles. The number of aliphatic carboxylic acids is 1. The first-order valence-corrected chi connectivity index (χ1v) is 8.12. The van der Waals surface area contributed by atoms with Crippen molar-refractivity contribution in [3.63, 3.8) is 0 Å². The van der Waals surface area contributed by atoms with Gasteiger partial charge in [0.2, 0.25) is 0 Å². The Balaban J connectivity index is 1.88. The van der Waals surface area contributed by atoms with Crippen molar-refractivity contribution >= 4 is 12.0 Å². The first-order chi connectivity index (χ1) is 10.8. The second kappa shape index (κ2) is 7.02. The predicted molar refractivity (Wildman–Crippen MR) is 89.5 cm³/mol. The zero-order chi connectivity index (χ0) is 17.0. The van der Waals surface area contributed by atoms with Crippen LogP contribution in [0.1, 0.15) is 37.8 Å². The van der Waals surface area contributed by atoms with Crippen LogP contribution >= 0.6 is 0 Å². The second-order valence-corrected chi connectivity index (χ2v) is 7.01. The summed E-state index contributed by atoms with van der Waals surface area (Å²) in [4.78, 5) is 25.0. The summed E-state index contributed by atoms with van der Waals surface area (Å²) in [5.74, 6) is -1.08. The van der Waals surface area contributed by atoms with Gasteiger partial charge in [-0.2, -0.15) is 0 Å². The lowest BCUT2D eigenvalue weighted by atomic mass is 9.84. The van der Waals surface area contributed by atoms with Crippen LogP contribution in [0, 0.1) is 12.8 Å². The van der Waals surface area contributed by atoms with Crippen LogP contribution in [-0.2, 0) is 10.2 Å². The minimum atomic E-state index is -0.759. The summed E-state index contributed by atoms with van der Waals surface area (Å²) in [7, 11) is 0. The summed E-state index contributed by atoms with van der Waals surface area (Å²) in [5, 5.41) is 12.0. The molecule has 1 aliphatic heterocycles. The molecule has 23 heavy (non-hydrogen) atoms. The average Bonchev–Trinajstić information content (AvgIpc) is 2.53. The summed E-state index contributed by atoms with van der Waals surface area (Å²) >= 11 is 0. The van der Waals surface area contributed by atoms with Gasteiger partial charge in [0, 0.05) is 25.0 Å². The van der Waals surface area contributed by atoms with Crippen molar-refractivity contribution in [2.24, 2.45) is 5.92 Å². The van der Waals surface area contributed by atoms with Crippen LogP contribution < -0.4 is 5.32 Å². The number of rotatable bonds is 4. The van der Waals surface area contributed by atoms with Gasteiger partial charge in [-0.15, -0.1) is 0 Å². The van der Waals surface area contributed by atoms with Gasteiger partial charge < -0.3 is 15.3 Å². The maximum Gasteiger partial charge on any atom is 0.317 e. The number of likely N-dealkylation sites (tertiary alicyclic amines) is 1. The molecule has 1 fully saturated rings. The maximum atomic E-state index is 12.3. The summed E-state index contributed by atoms with van der Waals surface area (Å²) in [6.07, 6.45) is 1.06. The topological polar surface area (TPSA) is 69.6 Å². The molecule has 0 saturated carbocycles. The Morgan fingerprint density at radius 3 is 2.52 bits per heavy atom. The Labute approximate surface area is 137 Å². The number of carbonyl (C=O) groups is 2. The third kappa shape index (κ3) is 4.47. The molecular formula is C18H26N2O3. The summed E-state index contributed by atoms with van der Waals surface area (Å²) in [6.45, 7) is 7.84. The van der Waals surface area contributed by atoms with Gasteiger partial charge >= 0.3 is 12.0 Å². The Kier molecular flexibility index (Phi) is 5.29. The number of piperidine rings is 1. The van der Waals surface area contributed by atoms with E-state index in [1.807, 2.05) is 6.07 Å². The van der Waals surface area contributed by atoms with Gasteiger partial charge in [-0.05, 0) is 25.3 Å². The molecule has 0 aromatic heterocycles. The van der Waals surface area contributed by atoms with Crippen LogP contribution in [0.3, 0.4) is 0 Å². The molecule has 2 amide bonds. The fraction of sp³-hybridized carbons (Fsp3) is 0.556. The number of amides is 2. The predicted octanol–water partition coefficient (Wildman–Crippen LogP) is 2.78. The van der Waals surface area contributed by atoms with Gasteiger partial charge in [-0.1, -0.05) is 43.7 Å². The van der Waals surface area contributed by atoms with Crippen molar-refractivity contribution in [3.05, 3.63) is 35.4 Å². The van der Waals surface area contributed by atoms with E-state index >= 15 is 0 Å². The minimum absolute atomic E-state index is 0.102. The molecule has 1 aliphatic rings. The lowest BCUT2D eigenvalue weighted by Gasteiger charge is -2.32. The number of nitrogens with one attached hydrogen (secondary N) is 1. The second-order valence-electron chi connectivity index (χ2n) is 7.01. The quantitative estimate of drug-likeness (QED) is 0.897. The molecule has 0 radical (unpaired) electrons. The molecule has 0 spiro atoms. The number of carboxylic acids is 1. The average molecular weight is 318 g/mol. The highest BCUT2D eigenvalue weighted by Crippen LogP contribution is 2.23. The molecule has 2 rings (SSSR count). The molecule has 1 aromatic carbocycles. The van der Waals surface area contributed by atoms with E-state index in [0.717, 1.165) is 0 Å². The van der Waals surface area contributed by atoms with Crippen molar-refractivity contribution < 1.29 is 14.7 Å². The van der Waals surface area contributed by atoms with Gasteiger partial charge in [-0.3, -0.25) is 4.79 Å². The molecule has 5 nitrogen and oxygen atoms in total. The number of hydrogen-bond donors (Lipinski definition) is 2. The number of aryl methyl sites for hydroxylation is 1. The van der Waals surface area contributed by atoms with E-state index in [4.69, 9.17) is 5.11 Å². The van der Waals surface area contributed by atoms with E-state index in [2.05, 4.69) is 44.3 Å². The minimum Gasteiger partial charge on any atom is -0.481 e. The van der Waals surface area contributed by atoms with Crippen LogP contribution in [0.4, 0.5) is 4.79 Å². The fourth-order valence-corrected chi connectivity index (χ4v) is 2.91. The number of benzene rings is 1. The van der Waals surface area contributed by atoms with Gasteiger partial charge in [-0.25, -0.2) is 4.79 Å². The third-order valence-corrected chi connectivity index (χ3v) is 4.61. The molecule has 0 unspecified atom stereocenters. The maximum absolute atomic E-state index is 12.3. The first kappa shape index (κ1) is 17.3. The van der Waals surface area contributed by atoms with Crippen molar-refractivity contribution in [3.8, 4) is 0 Å². The highest BCUT2D eigenvalue weighted by molar-refractivity contribution is 5.75. The van der Waals surface area contributed by atoms with Crippen LogP contribution in [0.15, 0.2) is 24.3 Å². The van der Waals surface area contributed by atoms with Crippen molar-refractivity contribution in [2.75, 3.05) is 19.6 Å². The van der Waals surface area contributed by atoms with Gasteiger partial charge in [0.25, 0.3) is 0 Å². The van der Waals surface area contributed by atoms with Gasteiger partial charge in [0.15, 0.2) is 0 Å². The van der Waals surface area contributed by atoms with E-state index < -0.39 is 5.97 Å². The Hall–Kier alpha value is -2.04. The standard InChI is InChI=1S/C18H26N2O3/c1-13-5-4-6-15(11-13)18(2,3)12-19-17(23)20-9-7-14(8-10-20)16(21)22/h4-6,11,14H,7-10,12H2,1-3H3,(H,19,23)(H,21,22). The normalized spacial score (nSPS) is 16.2. The molecule has 0 bridgehead atoms. The van der Waals surface area contributed by atoms with Gasteiger partial charge in [0.05, 0.1) is 5.92 Å². The van der Waals surface area contributed by atoms with E-state index in [-0.39, 0.29) is 17.4 Å². The lowest BCUT2D eigenvalue weighted by Crippen LogP contribution is -2.48. The van der Waals surface area contributed by atoms with Crippen LogP contribution in [0.25, 0.3) is 0 Å². The number of nitrogens with zero attached hydrogens (tertiary/aromatic N) is 1. The summed E-state index contributed by atoms with van der Waals surface area (Å²) in [5.41, 5.74) is 2.25. The van der Waals surface area contributed by atoms with E-state index in [1.165, 1.54) is 11.1 Å². The molecule has 0 atom stereocenters. The Morgan fingerprint density at radius 2 is 1.96 bits per heavy atom. The molecule has 5 heteroatoms. The van der Waals surface area contributed by atoms with Crippen molar-refractivity contribution in [2.45, 2.75) is 39.0 Å². The largest absolute Gasteiger partial charge is 0.481 e. The zero-order valence-electron chi connectivity index (χ0n) is 14.1. The monoisotopic (exact) mass is 318 g/mol. The van der Waals surface area contributed by atoms with Crippen molar-refractivity contribution in [1.29, 1.82) is 0 Å². The highest BCUT2D eigenvalue weighted by Gasteiger charge is 2.28. The molecule has 2 N–H and O–H groups in total. The SMILES string of the molecule is Cc1cccc(C(C)(C)CNC(=O)N2CCC(C(=O)O)CC2)c1. The number of carboxylic acid groups (broad SMARTS) is 1.